The van der Waals surface area contributed by atoms with Gasteiger partial charge in [0, 0.05) is 29.7 Å². The molecule has 4 heteroatoms. The van der Waals surface area contributed by atoms with Crippen LogP contribution in [-0.2, 0) is 0 Å². The van der Waals surface area contributed by atoms with Gasteiger partial charge in [-0.2, -0.15) is 0 Å². The molecule has 4 aromatic rings. The third-order valence-corrected chi connectivity index (χ3v) is 6.12. The summed E-state index contributed by atoms with van der Waals surface area (Å²) in [5.41, 5.74) is 4.58. The van der Waals surface area contributed by atoms with Gasteiger partial charge in [0.1, 0.15) is 18.1 Å². The minimum Gasteiger partial charge on any atom is -0.497 e. The molecule has 172 valence electrons. The van der Waals surface area contributed by atoms with E-state index in [1.165, 1.54) is 5.56 Å². The third-order valence-electron chi connectivity index (χ3n) is 6.12. The first-order valence-electron chi connectivity index (χ1n) is 11.7. The smallest absolute Gasteiger partial charge is 0.119 e. The highest BCUT2D eigenvalue weighted by Crippen LogP contribution is 2.33. The lowest BCUT2D eigenvalue weighted by molar-refractivity contribution is 0.142. The molecule has 0 amide bonds. The van der Waals surface area contributed by atoms with Crippen LogP contribution in [0.3, 0.4) is 0 Å². The van der Waals surface area contributed by atoms with E-state index in [2.05, 4.69) is 104 Å². The van der Waals surface area contributed by atoms with Gasteiger partial charge < -0.3 is 14.0 Å². The second-order valence-electron chi connectivity index (χ2n) is 8.92. The van der Waals surface area contributed by atoms with Crippen molar-refractivity contribution in [2.24, 2.45) is 0 Å². The van der Waals surface area contributed by atoms with Crippen LogP contribution in [0.15, 0.2) is 78.9 Å². The van der Waals surface area contributed by atoms with Crippen LogP contribution in [0.2, 0.25) is 0 Å². The largest absolute Gasteiger partial charge is 0.497 e. The highest BCUT2D eigenvalue weighted by atomic mass is 16.5. The van der Waals surface area contributed by atoms with Gasteiger partial charge in [-0.25, -0.2) is 0 Å². The summed E-state index contributed by atoms with van der Waals surface area (Å²) in [5, 5.41) is 1.15. The molecule has 0 atom stereocenters. The second kappa shape index (κ2) is 10.1. The Morgan fingerprint density at radius 1 is 0.788 bits per heavy atom. The molecule has 4 rings (SSSR count). The molecule has 4 nitrogen and oxygen atoms in total. The van der Waals surface area contributed by atoms with Crippen LogP contribution in [0, 0.1) is 0 Å². The molecule has 0 spiro atoms. The van der Waals surface area contributed by atoms with Gasteiger partial charge in [0.05, 0.1) is 18.3 Å². The van der Waals surface area contributed by atoms with E-state index >= 15 is 0 Å². The molecule has 0 saturated carbocycles. The Morgan fingerprint density at radius 2 is 1.45 bits per heavy atom. The monoisotopic (exact) mass is 442 g/mol. The average Bonchev–Trinajstić information content (AvgIpc) is 3.21. The molecule has 1 aromatic heterocycles. The summed E-state index contributed by atoms with van der Waals surface area (Å²) in [6, 6.07) is 28.4. The molecule has 0 aliphatic carbocycles. The Labute approximate surface area is 197 Å². The quantitative estimate of drug-likeness (QED) is 0.285. The van der Waals surface area contributed by atoms with Crippen molar-refractivity contribution in [2.75, 3.05) is 20.3 Å². The summed E-state index contributed by atoms with van der Waals surface area (Å²) in [6.07, 6.45) is 0. The SMILES string of the molecule is COc1ccc2c(c1)cc(-c1ccccc1)n2-c1ccc(OCCN(C(C)C)C(C)C)cc1. The number of rotatable bonds is 9. The molecule has 0 saturated heterocycles. The summed E-state index contributed by atoms with van der Waals surface area (Å²) in [6.45, 7) is 10.5. The average molecular weight is 443 g/mol. The fourth-order valence-corrected chi connectivity index (χ4v) is 4.49. The number of nitrogens with zero attached hydrogens (tertiary/aromatic N) is 2. The number of ether oxygens (including phenoxy) is 2. The Bertz CT molecular complexity index is 1170. The molecule has 0 radical (unpaired) electrons. The van der Waals surface area contributed by atoms with Crippen molar-refractivity contribution in [3.05, 3.63) is 78.9 Å². The van der Waals surface area contributed by atoms with Gasteiger partial charge in [0.15, 0.2) is 0 Å². The lowest BCUT2D eigenvalue weighted by Crippen LogP contribution is -2.39. The van der Waals surface area contributed by atoms with E-state index in [9.17, 15) is 0 Å². The first-order valence-corrected chi connectivity index (χ1v) is 11.7. The topological polar surface area (TPSA) is 26.6 Å². The van der Waals surface area contributed by atoms with Crippen LogP contribution in [-0.4, -0.2) is 41.8 Å². The van der Waals surface area contributed by atoms with E-state index in [1.807, 2.05) is 12.1 Å². The van der Waals surface area contributed by atoms with Crippen molar-refractivity contribution in [1.29, 1.82) is 0 Å². The molecular weight excluding hydrogens is 408 g/mol. The van der Waals surface area contributed by atoms with Crippen molar-refractivity contribution >= 4 is 10.9 Å². The summed E-state index contributed by atoms with van der Waals surface area (Å²) in [7, 11) is 1.70. The molecule has 33 heavy (non-hydrogen) atoms. The van der Waals surface area contributed by atoms with Crippen molar-refractivity contribution < 1.29 is 9.47 Å². The maximum absolute atomic E-state index is 6.07. The van der Waals surface area contributed by atoms with E-state index < -0.39 is 0 Å². The highest BCUT2D eigenvalue weighted by molar-refractivity contribution is 5.90. The van der Waals surface area contributed by atoms with Gasteiger partial charge in [0.25, 0.3) is 0 Å². The molecule has 0 unspecified atom stereocenters. The zero-order chi connectivity index (χ0) is 23.4. The fraction of sp³-hybridized carbons (Fsp3) is 0.310. The van der Waals surface area contributed by atoms with Crippen molar-refractivity contribution in [1.82, 2.24) is 9.47 Å². The Morgan fingerprint density at radius 3 is 2.09 bits per heavy atom. The van der Waals surface area contributed by atoms with E-state index in [0.29, 0.717) is 18.7 Å². The van der Waals surface area contributed by atoms with Crippen LogP contribution in [0.4, 0.5) is 0 Å². The van der Waals surface area contributed by atoms with Gasteiger partial charge in [-0.3, -0.25) is 4.90 Å². The molecule has 0 N–H and O–H groups in total. The molecular formula is C29H34N2O2. The van der Waals surface area contributed by atoms with Crippen LogP contribution in [0.5, 0.6) is 11.5 Å². The van der Waals surface area contributed by atoms with Crippen LogP contribution >= 0.6 is 0 Å². The summed E-state index contributed by atoms with van der Waals surface area (Å²) in [5.74, 6) is 1.76. The highest BCUT2D eigenvalue weighted by Gasteiger charge is 2.15. The van der Waals surface area contributed by atoms with Crippen molar-refractivity contribution in [3.63, 3.8) is 0 Å². The van der Waals surface area contributed by atoms with E-state index in [0.717, 1.165) is 40.3 Å². The Hall–Kier alpha value is -3.24. The molecule has 0 aliphatic rings. The van der Waals surface area contributed by atoms with Crippen LogP contribution in [0.25, 0.3) is 27.8 Å². The van der Waals surface area contributed by atoms with Crippen molar-refractivity contribution in [3.8, 4) is 28.4 Å². The van der Waals surface area contributed by atoms with Gasteiger partial charge in [-0.15, -0.1) is 0 Å². The number of benzene rings is 3. The zero-order valence-corrected chi connectivity index (χ0v) is 20.3. The van der Waals surface area contributed by atoms with E-state index in [1.54, 1.807) is 7.11 Å². The Kier molecular flexibility index (Phi) is 7.05. The standard InChI is InChI=1S/C29H34N2O2/c1-21(2)30(22(3)4)17-18-33-26-13-11-25(12-14-26)31-28-16-15-27(32-5)19-24(28)20-29(31)23-9-7-6-8-10-23/h6-16,19-22H,17-18H2,1-5H3. The lowest BCUT2D eigenvalue weighted by atomic mass is 10.1. The summed E-state index contributed by atoms with van der Waals surface area (Å²) < 4.78 is 13.8. The van der Waals surface area contributed by atoms with Gasteiger partial charge >= 0.3 is 0 Å². The normalized spacial score (nSPS) is 11.6. The van der Waals surface area contributed by atoms with Crippen molar-refractivity contribution in [2.45, 2.75) is 39.8 Å². The molecule has 3 aromatic carbocycles. The molecule has 0 bridgehead atoms. The van der Waals surface area contributed by atoms with Gasteiger partial charge in [-0.05, 0) is 81.8 Å². The first kappa shape index (κ1) is 22.9. The van der Waals surface area contributed by atoms with Crippen LogP contribution in [0.1, 0.15) is 27.7 Å². The number of hydrogen-bond acceptors (Lipinski definition) is 3. The van der Waals surface area contributed by atoms with Crippen LogP contribution < -0.4 is 9.47 Å². The number of methoxy groups -OCH3 is 1. The summed E-state index contributed by atoms with van der Waals surface area (Å²) in [4.78, 5) is 2.45. The minimum atomic E-state index is 0.507. The maximum atomic E-state index is 6.07. The first-order chi connectivity index (χ1) is 16.0. The number of fused-ring (bicyclic) bond motifs is 1. The van der Waals surface area contributed by atoms with E-state index in [4.69, 9.17) is 9.47 Å². The third kappa shape index (κ3) is 5.07. The fourth-order valence-electron chi connectivity index (χ4n) is 4.49. The molecule has 0 aliphatic heterocycles. The summed E-state index contributed by atoms with van der Waals surface area (Å²) >= 11 is 0. The zero-order valence-electron chi connectivity index (χ0n) is 20.3. The predicted molar refractivity (Wildman–Crippen MR) is 138 cm³/mol. The molecule has 1 heterocycles. The lowest BCUT2D eigenvalue weighted by Gasteiger charge is -2.30. The second-order valence-corrected chi connectivity index (χ2v) is 8.92. The maximum Gasteiger partial charge on any atom is 0.119 e. The number of aromatic nitrogens is 1. The van der Waals surface area contributed by atoms with Gasteiger partial charge in [-0.1, -0.05) is 30.3 Å². The van der Waals surface area contributed by atoms with E-state index in [-0.39, 0.29) is 0 Å². The predicted octanol–water partition coefficient (Wildman–Crippen LogP) is 6.80. The Balaban J connectivity index is 1.62. The number of hydrogen-bond donors (Lipinski definition) is 0. The van der Waals surface area contributed by atoms with Gasteiger partial charge in [0.2, 0.25) is 0 Å². The minimum absolute atomic E-state index is 0.507. The molecule has 0 fully saturated rings.